The highest BCUT2D eigenvalue weighted by Crippen LogP contribution is 2.40. The van der Waals surface area contributed by atoms with E-state index in [1.807, 2.05) is 18.2 Å². The Morgan fingerprint density at radius 1 is 1.08 bits per heavy atom. The Kier molecular flexibility index (Phi) is 7.09. The van der Waals surface area contributed by atoms with Gasteiger partial charge in [-0.3, -0.25) is 9.69 Å². The fraction of sp³-hybridized carbons (Fsp3) is 0.630. The molecule has 1 aromatic heterocycles. The molecule has 2 unspecified atom stereocenters. The SMILES string of the molecule is O=C(NC1C[C@H]2CC[C@@H](C1)N2S(=O)(=O)CCN1CCC(OCc2ccccc2)C1)c1cc(C2CC2)on1. The van der Waals surface area contributed by atoms with Gasteiger partial charge in [-0.15, -0.1) is 0 Å². The van der Waals surface area contributed by atoms with E-state index in [9.17, 15) is 13.2 Å². The number of nitrogens with one attached hydrogen (secondary N) is 1. The van der Waals surface area contributed by atoms with Gasteiger partial charge in [0.15, 0.2) is 5.69 Å². The second-order valence-corrected chi connectivity index (χ2v) is 13.1. The van der Waals surface area contributed by atoms with Gasteiger partial charge in [0.25, 0.3) is 5.91 Å². The summed E-state index contributed by atoms with van der Waals surface area (Å²) in [7, 11) is -3.37. The Bertz CT molecular complexity index is 1180. The molecule has 10 heteroatoms. The van der Waals surface area contributed by atoms with Gasteiger partial charge in [-0.2, -0.15) is 4.31 Å². The number of carbonyl (C=O) groups excluding carboxylic acids is 1. The van der Waals surface area contributed by atoms with Gasteiger partial charge in [0.1, 0.15) is 5.76 Å². The van der Waals surface area contributed by atoms with E-state index < -0.39 is 10.0 Å². The Balaban J connectivity index is 0.975. The summed E-state index contributed by atoms with van der Waals surface area (Å²) < 4.78 is 39.9. The van der Waals surface area contributed by atoms with Crippen LogP contribution in [0.3, 0.4) is 0 Å². The maximum Gasteiger partial charge on any atom is 0.273 e. The van der Waals surface area contributed by atoms with Crippen molar-refractivity contribution in [1.29, 1.82) is 0 Å². The highest BCUT2D eigenvalue weighted by molar-refractivity contribution is 7.89. The van der Waals surface area contributed by atoms with Crippen molar-refractivity contribution in [3.63, 3.8) is 0 Å². The molecular formula is C27H36N4O5S. The predicted octanol–water partition coefficient (Wildman–Crippen LogP) is 2.90. The molecule has 0 radical (unpaired) electrons. The molecule has 4 aliphatic rings. The van der Waals surface area contributed by atoms with Crippen LogP contribution in [0.4, 0.5) is 0 Å². The van der Waals surface area contributed by atoms with Crippen molar-refractivity contribution in [2.45, 2.75) is 81.7 Å². The molecule has 6 rings (SSSR count). The van der Waals surface area contributed by atoms with Crippen LogP contribution in [-0.4, -0.2) is 78.3 Å². The van der Waals surface area contributed by atoms with Crippen LogP contribution in [-0.2, 0) is 21.4 Å². The number of hydrogen-bond acceptors (Lipinski definition) is 7. The molecule has 37 heavy (non-hydrogen) atoms. The van der Waals surface area contributed by atoms with Crippen LogP contribution < -0.4 is 5.32 Å². The number of fused-ring (bicyclic) bond motifs is 2. The number of benzene rings is 1. The average molecular weight is 529 g/mol. The number of nitrogens with zero attached hydrogens (tertiary/aromatic N) is 3. The molecule has 4 fully saturated rings. The number of likely N-dealkylation sites (tertiary alicyclic amines) is 1. The van der Waals surface area contributed by atoms with Crippen molar-refractivity contribution in [2.24, 2.45) is 0 Å². The number of aromatic nitrogens is 1. The normalized spacial score (nSPS) is 28.5. The van der Waals surface area contributed by atoms with Gasteiger partial charge in [-0.25, -0.2) is 8.42 Å². The molecule has 4 atom stereocenters. The van der Waals surface area contributed by atoms with E-state index in [4.69, 9.17) is 9.26 Å². The molecule has 9 nitrogen and oxygen atoms in total. The van der Waals surface area contributed by atoms with E-state index in [2.05, 4.69) is 27.5 Å². The first-order chi connectivity index (χ1) is 17.9. The van der Waals surface area contributed by atoms with Gasteiger partial charge in [0.05, 0.1) is 18.5 Å². The van der Waals surface area contributed by atoms with Crippen LogP contribution in [0, 0.1) is 0 Å². The number of rotatable bonds is 10. The van der Waals surface area contributed by atoms with Gasteiger partial charge in [-0.1, -0.05) is 35.5 Å². The maximum atomic E-state index is 13.4. The van der Waals surface area contributed by atoms with Gasteiger partial charge in [0, 0.05) is 49.7 Å². The van der Waals surface area contributed by atoms with E-state index >= 15 is 0 Å². The Morgan fingerprint density at radius 2 is 1.84 bits per heavy atom. The maximum absolute atomic E-state index is 13.4. The zero-order valence-corrected chi connectivity index (χ0v) is 21.9. The highest BCUT2D eigenvalue weighted by atomic mass is 32.2. The first-order valence-corrected chi connectivity index (χ1v) is 15.2. The zero-order chi connectivity index (χ0) is 25.4. The minimum absolute atomic E-state index is 0.0429. The molecule has 3 aliphatic heterocycles. The van der Waals surface area contributed by atoms with Crippen molar-refractivity contribution in [2.75, 3.05) is 25.4 Å². The minimum atomic E-state index is -3.37. The molecule has 2 aromatic rings. The summed E-state index contributed by atoms with van der Waals surface area (Å²) in [5, 5.41) is 7.02. The van der Waals surface area contributed by atoms with E-state index in [1.54, 1.807) is 10.4 Å². The second kappa shape index (κ2) is 10.5. The van der Waals surface area contributed by atoms with Crippen LogP contribution in [0.2, 0.25) is 0 Å². The Morgan fingerprint density at radius 3 is 2.57 bits per heavy atom. The quantitative estimate of drug-likeness (QED) is 0.506. The van der Waals surface area contributed by atoms with Crippen molar-refractivity contribution in [3.8, 4) is 0 Å². The predicted molar refractivity (Wildman–Crippen MR) is 137 cm³/mol. The molecule has 1 aliphatic carbocycles. The molecule has 1 aromatic carbocycles. The first kappa shape index (κ1) is 25.0. The number of amides is 1. The number of ether oxygens (including phenoxy) is 1. The van der Waals surface area contributed by atoms with E-state index in [0.29, 0.717) is 37.6 Å². The van der Waals surface area contributed by atoms with Crippen LogP contribution in [0.25, 0.3) is 0 Å². The van der Waals surface area contributed by atoms with Gasteiger partial charge >= 0.3 is 0 Å². The monoisotopic (exact) mass is 528 g/mol. The topological polar surface area (TPSA) is 105 Å². The summed E-state index contributed by atoms with van der Waals surface area (Å²) in [5.41, 5.74) is 1.48. The lowest BCUT2D eigenvalue weighted by Gasteiger charge is -2.38. The molecule has 1 N–H and O–H groups in total. The van der Waals surface area contributed by atoms with E-state index in [0.717, 1.165) is 56.5 Å². The summed E-state index contributed by atoms with van der Waals surface area (Å²) >= 11 is 0. The van der Waals surface area contributed by atoms with Crippen LogP contribution in [0.1, 0.15) is 72.7 Å². The zero-order valence-electron chi connectivity index (χ0n) is 21.1. The standard InChI is InChI=1S/C27H36N4O5S/c32-27(25-16-26(36-29-25)20-6-7-20)28-21-14-22-8-9-23(15-21)31(22)37(33,34)13-12-30-11-10-24(17-30)35-18-19-4-2-1-3-5-19/h1-5,16,20-24H,6-15,17-18H2,(H,28,32)/t21?,22-,23+,24?. The van der Waals surface area contributed by atoms with Crippen molar-refractivity contribution < 1.29 is 22.5 Å². The lowest BCUT2D eigenvalue weighted by molar-refractivity contribution is 0.0470. The van der Waals surface area contributed by atoms with E-state index in [-0.39, 0.29) is 35.9 Å². The van der Waals surface area contributed by atoms with Crippen molar-refractivity contribution >= 4 is 15.9 Å². The van der Waals surface area contributed by atoms with Gasteiger partial charge in [0.2, 0.25) is 10.0 Å². The molecular weight excluding hydrogens is 492 g/mol. The number of sulfonamides is 1. The molecule has 3 saturated heterocycles. The van der Waals surface area contributed by atoms with Crippen LogP contribution >= 0.6 is 0 Å². The number of carbonyl (C=O) groups is 1. The molecule has 1 amide bonds. The molecule has 1 saturated carbocycles. The Labute approximate surface area is 218 Å². The molecule has 4 heterocycles. The highest BCUT2D eigenvalue weighted by Gasteiger charge is 2.47. The van der Waals surface area contributed by atoms with Gasteiger partial charge < -0.3 is 14.6 Å². The molecule has 200 valence electrons. The van der Waals surface area contributed by atoms with Crippen molar-refractivity contribution in [3.05, 3.63) is 53.4 Å². The fourth-order valence-corrected chi connectivity index (χ4v) is 8.19. The number of piperidine rings is 1. The summed E-state index contributed by atoms with van der Waals surface area (Å²) in [5.74, 6) is 1.10. The summed E-state index contributed by atoms with van der Waals surface area (Å²) in [4.78, 5) is 14.9. The third-order valence-corrected chi connectivity index (χ3v) is 10.2. The van der Waals surface area contributed by atoms with E-state index in [1.165, 1.54) is 0 Å². The minimum Gasteiger partial charge on any atom is -0.372 e. The second-order valence-electron chi connectivity index (χ2n) is 11.1. The number of hydrogen-bond donors (Lipinski definition) is 1. The largest absolute Gasteiger partial charge is 0.372 e. The summed E-state index contributed by atoms with van der Waals surface area (Å²) in [6.45, 7) is 2.75. The Hall–Kier alpha value is -2.27. The summed E-state index contributed by atoms with van der Waals surface area (Å²) in [6.07, 6.45) is 6.25. The third kappa shape index (κ3) is 5.77. The fourth-order valence-electron chi connectivity index (χ4n) is 6.20. The van der Waals surface area contributed by atoms with Crippen LogP contribution in [0.15, 0.2) is 40.9 Å². The third-order valence-electron chi connectivity index (χ3n) is 8.29. The first-order valence-electron chi connectivity index (χ1n) is 13.6. The van der Waals surface area contributed by atoms with Gasteiger partial charge in [-0.05, 0) is 50.5 Å². The smallest absolute Gasteiger partial charge is 0.273 e. The average Bonchev–Trinajstić information content (AvgIpc) is 3.31. The summed E-state index contributed by atoms with van der Waals surface area (Å²) in [6, 6.07) is 11.7. The molecule has 0 spiro atoms. The lowest BCUT2D eigenvalue weighted by atomic mass is 9.99. The lowest BCUT2D eigenvalue weighted by Crippen LogP contribution is -2.53. The van der Waals surface area contributed by atoms with Crippen LogP contribution in [0.5, 0.6) is 0 Å². The molecule has 2 bridgehead atoms. The van der Waals surface area contributed by atoms with Crippen molar-refractivity contribution in [1.82, 2.24) is 19.7 Å².